The molecule has 2 rings (SSSR count). The van der Waals surface area contributed by atoms with Crippen molar-refractivity contribution < 1.29 is 0 Å². The van der Waals surface area contributed by atoms with Crippen LogP contribution >= 0.6 is 0 Å². The van der Waals surface area contributed by atoms with E-state index in [0.717, 1.165) is 18.9 Å². The molecule has 3 atom stereocenters. The minimum absolute atomic E-state index is 0.375. The van der Waals surface area contributed by atoms with Crippen LogP contribution < -0.4 is 5.73 Å². The van der Waals surface area contributed by atoms with Crippen LogP contribution in [0, 0.1) is 11.8 Å². The first-order valence-electron chi connectivity index (χ1n) is 7.00. The Morgan fingerprint density at radius 2 is 2.24 bits per heavy atom. The average Bonchev–Trinajstić information content (AvgIpc) is 2.79. The standard InChI is InChI=1S/C14H25N3/c1-3-11-5-6-13(15)12(9-11)10-14-16-7-8-17(14)4-2/h7-8,11-13H,3-6,9-10,15H2,1-2H3. The van der Waals surface area contributed by atoms with E-state index in [1.165, 1.54) is 31.5 Å². The summed E-state index contributed by atoms with van der Waals surface area (Å²) in [5, 5.41) is 0. The van der Waals surface area contributed by atoms with Gasteiger partial charge in [-0.3, -0.25) is 0 Å². The minimum atomic E-state index is 0.375. The van der Waals surface area contributed by atoms with Crippen LogP contribution in [0.1, 0.15) is 45.4 Å². The lowest BCUT2D eigenvalue weighted by atomic mass is 9.76. The molecule has 1 aromatic heterocycles. The second kappa shape index (κ2) is 5.67. The van der Waals surface area contributed by atoms with Crippen molar-refractivity contribution in [1.82, 2.24) is 9.55 Å². The third kappa shape index (κ3) is 2.89. The SMILES string of the molecule is CCC1CCC(N)C(Cc2nccn2CC)C1. The summed E-state index contributed by atoms with van der Waals surface area (Å²) in [5.74, 6) is 2.72. The normalized spacial score (nSPS) is 29.5. The fourth-order valence-corrected chi connectivity index (χ4v) is 3.04. The number of nitrogens with two attached hydrogens (primary N) is 1. The molecule has 1 aliphatic carbocycles. The summed E-state index contributed by atoms with van der Waals surface area (Å²) in [6.07, 6.45) is 10.1. The Hall–Kier alpha value is -0.830. The van der Waals surface area contributed by atoms with Gasteiger partial charge in [-0.05, 0) is 38.0 Å². The predicted octanol–water partition coefficient (Wildman–Crippen LogP) is 2.60. The van der Waals surface area contributed by atoms with Gasteiger partial charge < -0.3 is 10.3 Å². The molecular formula is C14H25N3. The summed E-state index contributed by atoms with van der Waals surface area (Å²) in [7, 11) is 0. The number of rotatable bonds is 4. The quantitative estimate of drug-likeness (QED) is 0.871. The summed E-state index contributed by atoms with van der Waals surface area (Å²) >= 11 is 0. The van der Waals surface area contributed by atoms with Gasteiger partial charge in [0.05, 0.1) is 0 Å². The molecule has 1 aliphatic rings. The fourth-order valence-electron chi connectivity index (χ4n) is 3.04. The summed E-state index contributed by atoms with van der Waals surface area (Å²) in [5.41, 5.74) is 6.27. The lowest BCUT2D eigenvalue weighted by molar-refractivity contribution is 0.223. The summed E-state index contributed by atoms with van der Waals surface area (Å²) in [6.45, 7) is 5.47. The fraction of sp³-hybridized carbons (Fsp3) is 0.786. The molecule has 2 N–H and O–H groups in total. The van der Waals surface area contributed by atoms with Gasteiger partial charge in [-0.1, -0.05) is 13.3 Å². The van der Waals surface area contributed by atoms with Crippen LogP contribution in [0.2, 0.25) is 0 Å². The van der Waals surface area contributed by atoms with Gasteiger partial charge in [0.2, 0.25) is 0 Å². The molecule has 1 fully saturated rings. The van der Waals surface area contributed by atoms with E-state index >= 15 is 0 Å². The van der Waals surface area contributed by atoms with Crippen LogP contribution in [0.4, 0.5) is 0 Å². The van der Waals surface area contributed by atoms with E-state index in [1.54, 1.807) is 0 Å². The van der Waals surface area contributed by atoms with Crippen molar-refractivity contribution in [3.05, 3.63) is 18.2 Å². The van der Waals surface area contributed by atoms with Gasteiger partial charge in [0.1, 0.15) is 5.82 Å². The van der Waals surface area contributed by atoms with Crippen molar-refractivity contribution in [3.63, 3.8) is 0 Å². The molecular weight excluding hydrogens is 210 g/mol. The zero-order valence-electron chi connectivity index (χ0n) is 11.1. The van der Waals surface area contributed by atoms with Gasteiger partial charge in [0, 0.05) is 31.4 Å². The van der Waals surface area contributed by atoms with Crippen LogP contribution in [0.5, 0.6) is 0 Å². The third-order valence-corrected chi connectivity index (χ3v) is 4.31. The zero-order valence-corrected chi connectivity index (χ0v) is 11.1. The van der Waals surface area contributed by atoms with E-state index in [4.69, 9.17) is 5.73 Å². The molecule has 0 radical (unpaired) electrons. The van der Waals surface area contributed by atoms with Crippen molar-refractivity contribution in [1.29, 1.82) is 0 Å². The molecule has 0 aromatic carbocycles. The van der Waals surface area contributed by atoms with E-state index in [2.05, 4.69) is 29.6 Å². The second-order valence-electron chi connectivity index (χ2n) is 5.34. The van der Waals surface area contributed by atoms with Crippen molar-refractivity contribution in [2.24, 2.45) is 17.6 Å². The maximum Gasteiger partial charge on any atom is 0.108 e. The summed E-state index contributed by atoms with van der Waals surface area (Å²) in [4.78, 5) is 4.47. The highest BCUT2D eigenvalue weighted by molar-refractivity contribution is 4.97. The number of nitrogens with zero attached hydrogens (tertiary/aromatic N) is 2. The first-order valence-corrected chi connectivity index (χ1v) is 7.00. The van der Waals surface area contributed by atoms with Gasteiger partial charge in [-0.2, -0.15) is 0 Å². The summed E-state index contributed by atoms with van der Waals surface area (Å²) in [6, 6.07) is 0.375. The number of imidazole rings is 1. The largest absolute Gasteiger partial charge is 0.335 e. The highest BCUT2D eigenvalue weighted by Gasteiger charge is 2.28. The number of aromatic nitrogens is 2. The lowest BCUT2D eigenvalue weighted by Gasteiger charge is -2.33. The number of hydrogen-bond donors (Lipinski definition) is 1. The molecule has 1 aromatic rings. The molecule has 1 saturated carbocycles. The van der Waals surface area contributed by atoms with Gasteiger partial charge in [0.25, 0.3) is 0 Å². The molecule has 3 nitrogen and oxygen atoms in total. The van der Waals surface area contributed by atoms with Gasteiger partial charge in [-0.25, -0.2) is 4.98 Å². The van der Waals surface area contributed by atoms with E-state index in [9.17, 15) is 0 Å². The van der Waals surface area contributed by atoms with Crippen LogP contribution in [0.25, 0.3) is 0 Å². The molecule has 1 heterocycles. The van der Waals surface area contributed by atoms with Crippen LogP contribution in [-0.2, 0) is 13.0 Å². The van der Waals surface area contributed by atoms with Gasteiger partial charge >= 0.3 is 0 Å². The number of hydrogen-bond acceptors (Lipinski definition) is 2. The maximum absolute atomic E-state index is 6.27. The Kier molecular flexibility index (Phi) is 4.21. The molecule has 3 heteroatoms. The molecule has 3 unspecified atom stereocenters. The molecule has 0 spiro atoms. The molecule has 17 heavy (non-hydrogen) atoms. The third-order valence-electron chi connectivity index (χ3n) is 4.31. The molecule has 0 amide bonds. The van der Waals surface area contributed by atoms with Gasteiger partial charge in [-0.15, -0.1) is 0 Å². The van der Waals surface area contributed by atoms with E-state index < -0.39 is 0 Å². The maximum atomic E-state index is 6.27. The highest BCUT2D eigenvalue weighted by atomic mass is 15.1. The summed E-state index contributed by atoms with van der Waals surface area (Å²) < 4.78 is 2.24. The molecule has 0 aliphatic heterocycles. The first kappa shape index (κ1) is 12.6. The van der Waals surface area contributed by atoms with E-state index in [-0.39, 0.29) is 0 Å². The Labute approximate surface area is 104 Å². The zero-order chi connectivity index (χ0) is 12.3. The van der Waals surface area contributed by atoms with Crippen molar-refractivity contribution >= 4 is 0 Å². The number of aryl methyl sites for hydroxylation is 1. The first-order chi connectivity index (χ1) is 8.24. The van der Waals surface area contributed by atoms with Crippen LogP contribution in [0.15, 0.2) is 12.4 Å². The van der Waals surface area contributed by atoms with Crippen LogP contribution in [-0.4, -0.2) is 15.6 Å². The monoisotopic (exact) mass is 235 g/mol. The van der Waals surface area contributed by atoms with Crippen molar-refractivity contribution in [2.75, 3.05) is 0 Å². The Morgan fingerprint density at radius 3 is 2.94 bits per heavy atom. The van der Waals surface area contributed by atoms with E-state index in [0.29, 0.717) is 12.0 Å². The highest BCUT2D eigenvalue weighted by Crippen LogP contribution is 2.32. The molecule has 96 valence electrons. The average molecular weight is 235 g/mol. The molecule has 0 bridgehead atoms. The Bertz CT molecular complexity index is 345. The van der Waals surface area contributed by atoms with Crippen molar-refractivity contribution in [2.45, 2.75) is 58.5 Å². The minimum Gasteiger partial charge on any atom is -0.335 e. The van der Waals surface area contributed by atoms with E-state index in [1.807, 2.05) is 6.20 Å². The lowest BCUT2D eigenvalue weighted by Crippen LogP contribution is -2.37. The van der Waals surface area contributed by atoms with Gasteiger partial charge in [0.15, 0.2) is 0 Å². The Balaban J connectivity index is 2.01. The predicted molar refractivity (Wildman–Crippen MR) is 70.7 cm³/mol. The second-order valence-corrected chi connectivity index (χ2v) is 5.34. The molecule has 0 saturated heterocycles. The van der Waals surface area contributed by atoms with Crippen LogP contribution in [0.3, 0.4) is 0 Å². The van der Waals surface area contributed by atoms with Crippen molar-refractivity contribution in [3.8, 4) is 0 Å². The smallest absolute Gasteiger partial charge is 0.108 e. The Morgan fingerprint density at radius 1 is 1.41 bits per heavy atom. The topological polar surface area (TPSA) is 43.8 Å².